The zero-order valence-electron chi connectivity index (χ0n) is 11.7. The molecule has 2 aromatic rings. The molecule has 0 spiro atoms. The third-order valence-electron chi connectivity index (χ3n) is 3.01. The Balaban J connectivity index is 2.43. The van der Waals surface area contributed by atoms with Gasteiger partial charge in [-0.05, 0) is 6.07 Å². The molecule has 106 valence electrons. The van der Waals surface area contributed by atoms with E-state index in [4.69, 9.17) is 0 Å². The van der Waals surface area contributed by atoms with Crippen molar-refractivity contribution in [3.05, 3.63) is 53.9 Å². The molecule has 2 rings (SSSR count). The maximum atomic E-state index is 14.0. The van der Waals surface area contributed by atoms with Crippen LogP contribution in [-0.2, 0) is 7.05 Å². The van der Waals surface area contributed by atoms with Crippen LogP contribution in [0.15, 0.2) is 36.7 Å². The predicted octanol–water partition coefficient (Wildman–Crippen LogP) is 1.92. The highest BCUT2D eigenvalue weighted by Crippen LogP contribution is 2.23. The van der Waals surface area contributed by atoms with Gasteiger partial charge in [0, 0.05) is 39.1 Å². The molecule has 0 saturated carbocycles. The Bertz CT molecular complexity index is 609. The fraction of sp³-hybridized carbons (Fsp3) is 0.286. The zero-order chi connectivity index (χ0) is 14.7. The SMILES string of the molecule is CN(C)C(=O)NC(c1ccccc1F)c1nccn1C. The minimum atomic E-state index is -0.633. The number of carbonyl (C=O) groups is 1. The highest BCUT2D eigenvalue weighted by atomic mass is 19.1. The van der Waals surface area contributed by atoms with Crippen LogP contribution in [0.4, 0.5) is 9.18 Å². The summed E-state index contributed by atoms with van der Waals surface area (Å²) in [6, 6.07) is 5.42. The number of nitrogens with one attached hydrogen (secondary N) is 1. The van der Waals surface area contributed by atoms with Crippen LogP contribution < -0.4 is 5.32 Å². The Labute approximate surface area is 117 Å². The van der Waals surface area contributed by atoms with Gasteiger partial charge in [0.1, 0.15) is 17.7 Å². The van der Waals surface area contributed by atoms with E-state index >= 15 is 0 Å². The van der Waals surface area contributed by atoms with Gasteiger partial charge in [-0.1, -0.05) is 18.2 Å². The lowest BCUT2D eigenvalue weighted by Crippen LogP contribution is -2.38. The summed E-state index contributed by atoms with van der Waals surface area (Å²) in [5, 5.41) is 2.78. The van der Waals surface area contributed by atoms with E-state index in [-0.39, 0.29) is 11.8 Å². The Morgan fingerprint density at radius 2 is 2.10 bits per heavy atom. The molecule has 6 heteroatoms. The molecule has 0 radical (unpaired) electrons. The van der Waals surface area contributed by atoms with Crippen LogP contribution in [0.3, 0.4) is 0 Å². The summed E-state index contributed by atoms with van der Waals surface area (Å²) < 4.78 is 15.8. The lowest BCUT2D eigenvalue weighted by atomic mass is 10.1. The van der Waals surface area contributed by atoms with E-state index in [1.807, 2.05) is 0 Å². The van der Waals surface area contributed by atoms with Gasteiger partial charge >= 0.3 is 6.03 Å². The maximum Gasteiger partial charge on any atom is 0.317 e. The number of halogens is 1. The summed E-state index contributed by atoms with van der Waals surface area (Å²) in [7, 11) is 5.07. The number of hydrogen-bond acceptors (Lipinski definition) is 2. The third-order valence-corrected chi connectivity index (χ3v) is 3.01. The van der Waals surface area contributed by atoms with Gasteiger partial charge < -0.3 is 14.8 Å². The molecular formula is C14H17FN4O. The summed E-state index contributed by atoms with van der Waals surface area (Å²) in [5.41, 5.74) is 0.386. The number of aromatic nitrogens is 2. The van der Waals surface area contributed by atoms with E-state index in [1.165, 1.54) is 11.0 Å². The number of amides is 2. The molecule has 1 aromatic carbocycles. The molecule has 1 unspecified atom stereocenters. The number of urea groups is 1. The molecule has 0 aliphatic carbocycles. The quantitative estimate of drug-likeness (QED) is 0.931. The molecule has 0 saturated heterocycles. The molecule has 5 nitrogen and oxygen atoms in total. The number of hydrogen-bond donors (Lipinski definition) is 1. The van der Waals surface area contributed by atoms with E-state index in [9.17, 15) is 9.18 Å². The van der Waals surface area contributed by atoms with Crippen molar-refractivity contribution < 1.29 is 9.18 Å². The Morgan fingerprint density at radius 1 is 1.40 bits per heavy atom. The highest BCUT2D eigenvalue weighted by molar-refractivity contribution is 5.74. The van der Waals surface area contributed by atoms with Gasteiger partial charge in [0.15, 0.2) is 0 Å². The standard InChI is InChI=1S/C14H17FN4O/c1-18(2)14(20)17-12(13-16-8-9-19(13)3)10-6-4-5-7-11(10)15/h4-9,12H,1-3H3,(H,17,20). The van der Waals surface area contributed by atoms with Crippen molar-refractivity contribution in [2.45, 2.75) is 6.04 Å². The van der Waals surface area contributed by atoms with E-state index in [0.29, 0.717) is 11.4 Å². The van der Waals surface area contributed by atoms with Crippen LogP contribution in [-0.4, -0.2) is 34.6 Å². The number of aryl methyl sites for hydroxylation is 1. The van der Waals surface area contributed by atoms with Crippen LogP contribution >= 0.6 is 0 Å². The first kappa shape index (κ1) is 14.0. The first-order valence-electron chi connectivity index (χ1n) is 6.20. The molecule has 0 aliphatic rings. The van der Waals surface area contributed by atoms with E-state index in [0.717, 1.165) is 0 Å². The summed E-state index contributed by atoms with van der Waals surface area (Å²) in [5.74, 6) is 0.199. The van der Waals surface area contributed by atoms with Gasteiger partial charge in [0.05, 0.1) is 0 Å². The molecule has 0 bridgehead atoms. The van der Waals surface area contributed by atoms with Gasteiger partial charge in [0.25, 0.3) is 0 Å². The van der Waals surface area contributed by atoms with Crippen LogP contribution in [0, 0.1) is 5.82 Å². The molecule has 20 heavy (non-hydrogen) atoms. The number of imidazole rings is 1. The summed E-state index contributed by atoms with van der Waals surface area (Å²) in [6.45, 7) is 0. The monoisotopic (exact) mass is 276 g/mol. The predicted molar refractivity (Wildman–Crippen MR) is 73.7 cm³/mol. The van der Waals surface area contributed by atoms with Gasteiger partial charge in [-0.2, -0.15) is 0 Å². The normalized spacial score (nSPS) is 12.0. The zero-order valence-corrected chi connectivity index (χ0v) is 11.7. The third kappa shape index (κ3) is 2.79. The lowest BCUT2D eigenvalue weighted by molar-refractivity contribution is 0.214. The van der Waals surface area contributed by atoms with E-state index < -0.39 is 6.04 Å². The molecule has 1 aromatic heterocycles. The summed E-state index contributed by atoms with van der Waals surface area (Å²) in [4.78, 5) is 17.5. The second kappa shape index (κ2) is 5.73. The smallest absolute Gasteiger partial charge is 0.317 e. The summed E-state index contributed by atoms with van der Waals surface area (Å²) in [6.07, 6.45) is 3.37. The number of carbonyl (C=O) groups excluding carboxylic acids is 1. The first-order chi connectivity index (χ1) is 9.50. The van der Waals surface area contributed by atoms with Crippen molar-refractivity contribution in [2.24, 2.45) is 7.05 Å². The van der Waals surface area contributed by atoms with Crippen LogP contribution in [0.2, 0.25) is 0 Å². The molecule has 0 aliphatic heterocycles. The Hall–Kier alpha value is -2.37. The second-order valence-electron chi connectivity index (χ2n) is 4.69. The minimum absolute atomic E-state index is 0.304. The van der Waals surface area contributed by atoms with Gasteiger partial charge in [0.2, 0.25) is 0 Å². The Morgan fingerprint density at radius 3 is 2.65 bits per heavy atom. The van der Waals surface area contributed by atoms with Crippen LogP contribution in [0.5, 0.6) is 0 Å². The number of nitrogens with zero attached hydrogens (tertiary/aromatic N) is 3. The van der Waals surface area contributed by atoms with Crippen LogP contribution in [0.1, 0.15) is 17.4 Å². The molecular weight excluding hydrogens is 259 g/mol. The van der Waals surface area contributed by atoms with Gasteiger partial charge in [-0.3, -0.25) is 0 Å². The van der Waals surface area contributed by atoms with Gasteiger partial charge in [-0.25, -0.2) is 14.2 Å². The van der Waals surface area contributed by atoms with Crippen molar-refractivity contribution in [1.82, 2.24) is 19.8 Å². The number of rotatable bonds is 3. The van der Waals surface area contributed by atoms with E-state index in [2.05, 4.69) is 10.3 Å². The molecule has 2 amide bonds. The fourth-order valence-corrected chi connectivity index (χ4v) is 1.90. The highest BCUT2D eigenvalue weighted by Gasteiger charge is 2.23. The van der Waals surface area contributed by atoms with Crippen molar-refractivity contribution in [1.29, 1.82) is 0 Å². The van der Waals surface area contributed by atoms with Crippen molar-refractivity contribution >= 4 is 6.03 Å². The molecule has 1 atom stereocenters. The van der Waals surface area contributed by atoms with Crippen molar-refractivity contribution in [2.75, 3.05) is 14.1 Å². The summed E-state index contributed by atoms with van der Waals surface area (Å²) >= 11 is 0. The number of benzene rings is 1. The lowest BCUT2D eigenvalue weighted by Gasteiger charge is -2.22. The molecule has 0 fully saturated rings. The largest absolute Gasteiger partial charge is 0.336 e. The average molecular weight is 276 g/mol. The van der Waals surface area contributed by atoms with Crippen LogP contribution in [0.25, 0.3) is 0 Å². The average Bonchev–Trinajstić information content (AvgIpc) is 2.82. The Kier molecular flexibility index (Phi) is 4.02. The maximum absolute atomic E-state index is 14.0. The van der Waals surface area contributed by atoms with Crippen molar-refractivity contribution in [3.63, 3.8) is 0 Å². The fourth-order valence-electron chi connectivity index (χ4n) is 1.90. The topological polar surface area (TPSA) is 50.2 Å². The minimum Gasteiger partial charge on any atom is -0.336 e. The van der Waals surface area contributed by atoms with E-state index in [1.54, 1.807) is 56.3 Å². The van der Waals surface area contributed by atoms with Gasteiger partial charge in [-0.15, -0.1) is 0 Å². The molecule has 1 heterocycles. The van der Waals surface area contributed by atoms with Crippen molar-refractivity contribution in [3.8, 4) is 0 Å². The molecule has 1 N–H and O–H groups in total. The second-order valence-corrected chi connectivity index (χ2v) is 4.69. The first-order valence-corrected chi connectivity index (χ1v) is 6.20.